The second-order valence-electron chi connectivity index (χ2n) is 4.29. The molecule has 1 fully saturated rings. The number of rotatable bonds is 4. The van der Waals surface area contributed by atoms with Crippen LogP contribution in [0.15, 0.2) is 29.2 Å². The lowest BCUT2D eigenvalue weighted by Gasteiger charge is -2.26. The van der Waals surface area contributed by atoms with Gasteiger partial charge in [-0.05, 0) is 25.0 Å². The predicted octanol–water partition coefficient (Wildman–Crippen LogP) is 2.71. The van der Waals surface area contributed by atoms with E-state index in [0.29, 0.717) is 17.3 Å². The highest BCUT2D eigenvalue weighted by Crippen LogP contribution is 2.26. The number of aliphatic hydroxyl groups is 1. The lowest BCUT2D eigenvalue weighted by atomic mass is 9.97. The van der Waals surface area contributed by atoms with E-state index in [0.717, 1.165) is 19.4 Å². The molecule has 2 unspecified atom stereocenters. The minimum atomic E-state index is -0.417. The largest absolute Gasteiger partial charge is 0.392 e. The van der Waals surface area contributed by atoms with Crippen molar-refractivity contribution in [2.24, 2.45) is 5.92 Å². The molecule has 0 aromatic heterocycles. The fourth-order valence-electron chi connectivity index (χ4n) is 1.94. The molecule has 0 saturated carbocycles. The number of benzene rings is 1. The highest BCUT2D eigenvalue weighted by atomic mass is 32.2. The Morgan fingerprint density at radius 3 is 3.00 bits per heavy atom. The van der Waals surface area contributed by atoms with Crippen LogP contribution in [0.4, 0.5) is 4.39 Å². The second-order valence-corrected chi connectivity index (χ2v) is 5.35. The highest BCUT2D eigenvalue weighted by Gasteiger charge is 2.22. The van der Waals surface area contributed by atoms with E-state index in [2.05, 4.69) is 0 Å². The van der Waals surface area contributed by atoms with Gasteiger partial charge in [-0.25, -0.2) is 4.39 Å². The lowest BCUT2D eigenvalue weighted by Crippen LogP contribution is -2.30. The Labute approximate surface area is 105 Å². The van der Waals surface area contributed by atoms with Crippen LogP contribution in [0.3, 0.4) is 0 Å². The zero-order valence-corrected chi connectivity index (χ0v) is 10.5. The number of ether oxygens (including phenoxy) is 1. The molecule has 1 N–H and O–H groups in total. The van der Waals surface area contributed by atoms with Crippen LogP contribution in [-0.4, -0.2) is 30.2 Å². The standard InChI is InChI=1S/C13H17FO2S/c14-11-5-1-2-6-13(11)17-9-12(15)10-4-3-7-16-8-10/h1-2,5-6,10,12,15H,3-4,7-9H2. The van der Waals surface area contributed by atoms with E-state index in [-0.39, 0.29) is 11.7 Å². The maximum Gasteiger partial charge on any atom is 0.136 e. The van der Waals surface area contributed by atoms with Gasteiger partial charge in [0.2, 0.25) is 0 Å². The normalized spacial score (nSPS) is 22.4. The average Bonchev–Trinajstić information content (AvgIpc) is 2.38. The zero-order chi connectivity index (χ0) is 12.1. The van der Waals surface area contributed by atoms with Crippen molar-refractivity contribution in [3.63, 3.8) is 0 Å². The first-order valence-corrected chi connectivity index (χ1v) is 6.89. The Hall–Kier alpha value is -0.580. The van der Waals surface area contributed by atoms with Gasteiger partial charge in [-0.1, -0.05) is 12.1 Å². The molecule has 1 aromatic carbocycles. The molecule has 2 rings (SSSR count). The lowest BCUT2D eigenvalue weighted by molar-refractivity contribution is -0.0000436. The minimum absolute atomic E-state index is 0.197. The van der Waals surface area contributed by atoms with Gasteiger partial charge in [0.1, 0.15) is 5.82 Å². The number of thioether (sulfide) groups is 1. The van der Waals surface area contributed by atoms with E-state index in [1.807, 2.05) is 6.07 Å². The summed E-state index contributed by atoms with van der Waals surface area (Å²) in [6.45, 7) is 1.42. The first-order chi connectivity index (χ1) is 8.27. The molecule has 1 aromatic rings. The third-order valence-corrected chi connectivity index (χ3v) is 4.14. The number of halogens is 1. The molecule has 0 spiro atoms. The van der Waals surface area contributed by atoms with Crippen molar-refractivity contribution >= 4 is 11.8 Å². The Morgan fingerprint density at radius 1 is 1.47 bits per heavy atom. The molecule has 0 amide bonds. The van der Waals surface area contributed by atoms with Gasteiger partial charge in [-0.2, -0.15) is 0 Å². The second kappa shape index (κ2) is 6.38. The van der Waals surface area contributed by atoms with Gasteiger partial charge in [0, 0.05) is 23.2 Å². The third kappa shape index (κ3) is 3.69. The Morgan fingerprint density at radius 2 is 2.29 bits per heavy atom. The zero-order valence-electron chi connectivity index (χ0n) is 9.64. The molecule has 0 aliphatic carbocycles. The van der Waals surface area contributed by atoms with Gasteiger partial charge in [-0.3, -0.25) is 0 Å². The Bertz CT molecular complexity index is 353. The maximum atomic E-state index is 13.4. The van der Waals surface area contributed by atoms with Gasteiger partial charge in [0.15, 0.2) is 0 Å². The highest BCUT2D eigenvalue weighted by molar-refractivity contribution is 7.99. The van der Waals surface area contributed by atoms with E-state index < -0.39 is 6.10 Å². The minimum Gasteiger partial charge on any atom is -0.392 e. The summed E-state index contributed by atoms with van der Waals surface area (Å²) in [5.74, 6) is 0.502. The summed E-state index contributed by atoms with van der Waals surface area (Å²) < 4.78 is 18.7. The maximum absolute atomic E-state index is 13.4. The molecule has 0 radical (unpaired) electrons. The van der Waals surface area contributed by atoms with Crippen molar-refractivity contribution in [3.05, 3.63) is 30.1 Å². The van der Waals surface area contributed by atoms with Crippen molar-refractivity contribution < 1.29 is 14.2 Å². The van der Waals surface area contributed by atoms with Gasteiger partial charge in [-0.15, -0.1) is 11.8 Å². The van der Waals surface area contributed by atoms with E-state index >= 15 is 0 Å². The fourth-order valence-corrected chi connectivity index (χ4v) is 2.95. The van der Waals surface area contributed by atoms with Crippen molar-refractivity contribution in [3.8, 4) is 0 Å². The summed E-state index contributed by atoms with van der Waals surface area (Å²) >= 11 is 1.37. The summed E-state index contributed by atoms with van der Waals surface area (Å²) in [6, 6.07) is 6.66. The SMILES string of the molecule is OC(CSc1ccccc1F)C1CCCOC1. The van der Waals surface area contributed by atoms with Crippen LogP contribution >= 0.6 is 11.8 Å². The van der Waals surface area contributed by atoms with Crippen molar-refractivity contribution in [1.29, 1.82) is 0 Å². The Balaban J connectivity index is 1.83. The first-order valence-electron chi connectivity index (χ1n) is 5.90. The molecule has 0 bridgehead atoms. The molecular weight excluding hydrogens is 239 g/mol. The van der Waals surface area contributed by atoms with Crippen LogP contribution in [0.25, 0.3) is 0 Å². The molecule has 1 saturated heterocycles. The monoisotopic (exact) mass is 256 g/mol. The molecule has 17 heavy (non-hydrogen) atoms. The van der Waals surface area contributed by atoms with Crippen LogP contribution in [-0.2, 0) is 4.74 Å². The van der Waals surface area contributed by atoms with E-state index in [1.54, 1.807) is 12.1 Å². The summed E-state index contributed by atoms with van der Waals surface area (Å²) in [5, 5.41) is 10.0. The summed E-state index contributed by atoms with van der Waals surface area (Å²) in [4.78, 5) is 0.600. The third-order valence-electron chi connectivity index (χ3n) is 2.99. The molecular formula is C13H17FO2S. The van der Waals surface area contributed by atoms with Gasteiger partial charge in [0.05, 0.1) is 12.7 Å². The molecule has 2 atom stereocenters. The summed E-state index contributed by atoms with van der Waals surface area (Å²) in [7, 11) is 0. The van der Waals surface area contributed by atoms with Crippen molar-refractivity contribution in [1.82, 2.24) is 0 Å². The van der Waals surface area contributed by atoms with Crippen LogP contribution in [0.1, 0.15) is 12.8 Å². The van der Waals surface area contributed by atoms with E-state index in [9.17, 15) is 9.50 Å². The number of hydrogen-bond acceptors (Lipinski definition) is 3. The van der Waals surface area contributed by atoms with Gasteiger partial charge in [0.25, 0.3) is 0 Å². The van der Waals surface area contributed by atoms with Crippen LogP contribution in [0, 0.1) is 11.7 Å². The Kier molecular flexibility index (Phi) is 4.83. The van der Waals surface area contributed by atoms with Crippen LogP contribution < -0.4 is 0 Å². The molecule has 1 aliphatic rings. The quantitative estimate of drug-likeness (QED) is 0.840. The van der Waals surface area contributed by atoms with E-state index in [4.69, 9.17) is 4.74 Å². The fraction of sp³-hybridized carbons (Fsp3) is 0.538. The van der Waals surface area contributed by atoms with Crippen LogP contribution in [0.5, 0.6) is 0 Å². The average molecular weight is 256 g/mol. The molecule has 1 heterocycles. The van der Waals surface area contributed by atoms with Gasteiger partial charge < -0.3 is 9.84 Å². The molecule has 94 valence electrons. The van der Waals surface area contributed by atoms with E-state index in [1.165, 1.54) is 17.8 Å². The topological polar surface area (TPSA) is 29.5 Å². The first kappa shape index (κ1) is 12.9. The van der Waals surface area contributed by atoms with Gasteiger partial charge >= 0.3 is 0 Å². The molecule has 4 heteroatoms. The smallest absolute Gasteiger partial charge is 0.136 e. The predicted molar refractivity (Wildman–Crippen MR) is 66.7 cm³/mol. The molecule has 2 nitrogen and oxygen atoms in total. The number of hydrogen-bond donors (Lipinski definition) is 1. The number of aliphatic hydroxyl groups excluding tert-OH is 1. The van der Waals surface area contributed by atoms with Crippen LogP contribution in [0.2, 0.25) is 0 Å². The summed E-state index contributed by atoms with van der Waals surface area (Å²) in [5.41, 5.74) is 0. The van der Waals surface area contributed by atoms with Crippen molar-refractivity contribution in [2.45, 2.75) is 23.8 Å². The van der Waals surface area contributed by atoms with Crippen molar-refractivity contribution in [2.75, 3.05) is 19.0 Å². The summed E-state index contributed by atoms with van der Waals surface area (Å²) in [6.07, 6.45) is 1.59. The molecule has 1 aliphatic heterocycles.